The molecule has 1 unspecified atom stereocenters. The molecule has 1 saturated heterocycles. The Labute approximate surface area is 247 Å². The number of nitrogens with zero attached hydrogens (tertiary/aromatic N) is 4. The lowest BCUT2D eigenvalue weighted by Gasteiger charge is -2.35. The summed E-state index contributed by atoms with van der Waals surface area (Å²) in [4.78, 5) is 55.5. The Balaban J connectivity index is 1.01. The van der Waals surface area contributed by atoms with Crippen molar-refractivity contribution >= 4 is 41.2 Å². The van der Waals surface area contributed by atoms with Crippen molar-refractivity contribution in [2.45, 2.75) is 56.5 Å². The Morgan fingerprint density at radius 2 is 1.84 bits per heavy atom. The highest BCUT2D eigenvalue weighted by molar-refractivity contribution is 6.23. The fourth-order valence-corrected chi connectivity index (χ4v) is 6.41. The van der Waals surface area contributed by atoms with E-state index in [4.69, 9.17) is 10.5 Å². The van der Waals surface area contributed by atoms with Gasteiger partial charge in [0.05, 0.1) is 28.6 Å². The molecule has 3 fully saturated rings. The number of carbonyl (C=O) groups excluding carboxylic acids is 4. The van der Waals surface area contributed by atoms with Crippen LogP contribution in [0.3, 0.4) is 0 Å². The van der Waals surface area contributed by atoms with Gasteiger partial charge in [-0.2, -0.15) is 5.10 Å². The Hall–Kier alpha value is -4.87. The van der Waals surface area contributed by atoms with Crippen LogP contribution in [-0.4, -0.2) is 69.1 Å². The summed E-state index contributed by atoms with van der Waals surface area (Å²) in [5.41, 5.74) is 5.75. The smallest absolute Gasteiger partial charge is 0.262 e. The number of aromatic nitrogens is 3. The number of hydrogen-bond donors (Lipinski definition) is 4. The minimum absolute atomic E-state index is 0.0893. The van der Waals surface area contributed by atoms with Crippen molar-refractivity contribution in [1.82, 2.24) is 25.0 Å². The SMILES string of the molecule is CNc1ccnc(-c2cn([C@H]3C[C@H](CNc4ccc5c(c4)C(=O)N(C4CCC(=O)NC4=O)C5=O)C3)nc2C2CC2)c1C=N. The molecule has 7 rings (SSSR count). The van der Waals surface area contributed by atoms with Gasteiger partial charge in [0.25, 0.3) is 11.8 Å². The molecule has 2 saturated carbocycles. The second-order valence-electron chi connectivity index (χ2n) is 11.8. The number of pyridine rings is 1. The Kier molecular flexibility index (Phi) is 6.55. The van der Waals surface area contributed by atoms with Gasteiger partial charge >= 0.3 is 0 Å². The number of anilines is 2. The molecule has 1 atom stereocenters. The monoisotopic (exact) mass is 580 g/mol. The molecular weight excluding hydrogens is 548 g/mol. The number of imide groups is 2. The number of benzene rings is 1. The minimum atomic E-state index is -0.976. The zero-order chi connectivity index (χ0) is 29.8. The molecule has 4 aliphatic rings. The number of fused-ring (bicyclic) bond motifs is 1. The van der Waals surface area contributed by atoms with Crippen LogP contribution >= 0.6 is 0 Å². The largest absolute Gasteiger partial charge is 0.387 e. The van der Waals surface area contributed by atoms with Crippen molar-refractivity contribution < 1.29 is 19.2 Å². The molecule has 3 aromatic rings. The molecule has 1 aromatic carbocycles. The van der Waals surface area contributed by atoms with E-state index in [2.05, 4.69) is 31.8 Å². The molecule has 12 nitrogen and oxygen atoms in total. The maximum Gasteiger partial charge on any atom is 0.262 e. The lowest BCUT2D eigenvalue weighted by atomic mass is 9.80. The normalized spacial score (nSPS) is 23.1. The Morgan fingerprint density at radius 3 is 2.56 bits per heavy atom. The van der Waals surface area contributed by atoms with E-state index >= 15 is 0 Å². The number of piperidine rings is 1. The highest BCUT2D eigenvalue weighted by Crippen LogP contribution is 2.46. The van der Waals surface area contributed by atoms with Crippen molar-refractivity contribution in [3.05, 3.63) is 59.0 Å². The molecule has 4 heterocycles. The summed E-state index contributed by atoms with van der Waals surface area (Å²) < 4.78 is 2.07. The van der Waals surface area contributed by atoms with Gasteiger partial charge in [-0.15, -0.1) is 0 Å². The van der Waals surface area contributed by atoms with E-state index in [0.717, 1.165) is 64.5 Å². The van der Waals surface area contributed by atoms with E-state index in [0.29, 0.717) is 18.4 Å². The fourth-order valence-electron chi connectivity index (χ4n) is 6.41. The lowest BCUT2D eigenvalue weighted by molar-refractivity contribution is -0.136. The van der Waals surface area contributed by atoms with Gasteiger partial charge in [0, 0.05) is 67.0 Å². The molecule has 2 aliphatic carbocycles. The van der Waals surface area contributed by atoms with Crippen LogP contribution in [-0.2, 0) is 9.59 Å². The summed E-state index contributed by atoms with van der Waals surface area (Å²) in [5, 5.41) is 21.8. The van der Waals surface area contributed by atoms with Gasteiger partial charge < -0.3 is 16.0 Å². The number of amides is 4. The van der Waals surface area contributed by atoms with Gasteiger partial charge in [-0.1, -0.05) is 0 Å². The van der Waals surface area contributed by atoms with E-state index < -0.39 is 29.7 Å². The zero-order valence-electron chi connectivity index (χ0n) is 23.7. The van der Waals surface area contributed by atoms with E-state index in [1.807, 2.05) is 13.1 Å². The van der Waals surface area contributed by atoms with Crippen LogP contribution in [0.1, 0.15) is 82.5 Å². The molecule has 0 spiro atoms. The summed E-state index contributed by atoms with van der Waals surface area (Å²) in [6.07, 6.45) is 9.56. The first kappa shape index (κ1) is 27.0. The van der Waals surface area contributed by atoms with Gasteiger partial charge in [0.15, 0.2) is 0 Å². The van der Waals surface area contributed by atoms with E-state index in [1.165, 1.54) is 6.21 Å². The number of carbonyl (C=O) groups is 4. The van der Waals surface area contributed by atoms with Crippen molar-refractivity contribution in [3.8, 4) is 11.3 Å². The molecule has 2 aromatic heterocycles. The average Bonchev–Trinajstić information content (AvgIpc) is 3.70. The predicted octanol–water partition coefficient (Wildman–Crippen LogP) is 3.33. The van der Waals surface area contributed by atoms with Gasteiger partial charge in [0.2, 0.25) is 11.8 Å². The first-order chi connectivity index (χ1) is 20.9. The third-order valence-electron chi connectivity index (χ3n) is 9.00. The quantitative estimate of drug-likeness (QED) is 0.221. The van der Waals surface area contributed by atoms with Gasteiger partial charge in [0.1, 0.15) is 6.04 Å². The van der Waals surface area contributed by atoms with Gasteiger partial charge in [-0.3, -0.25) is 39.1 Å². The molecule has 2 aliphatic heterocycles. The summed E-state index contributed by atoms with van der Waals surface area (Å²) in [6.45, 7) is 0.710. The zero-order valence-corrected chi connectivity index (χ0v) is 23.7. The van der Waals surface area contributed by atoms with Crippen LogP contribution < -0.4 is 16.0 Å². The summed E-state index contributed by atoms with van der Waals surface area (Å²) >= 11 is 0. The molecular formula is C31H32N8O4. The van der Waals surface area contributed by atoms with Crippen LogP contribution in [0.2, 0.25) is 0 Å². The van der Waals surface area contributed by atoms with Crippen LogP contribution in [0, 0.1) is 11.3 Å². The van der Waals surface area contributed by atoms with Crippen molar-refractivity contribution in [1.29, 1.82) is 5.41 Å². The maximum atomic E-state index is 13.1. The molecule has 220 valence electrons. The maximum absolute atomic E-state index is 13.1. The van der Waals surface area contributed by atoms with E-state index in [1.54, 1.807) is 24.4 Å². The van der Waals surface area contributed by atoms with E-state index in [-0.39, 0.29) is 30.0 Å². The second-order valence-corrected chi connectivity index (χ2v) is 11.8. The van der Waals surface area contributed by atoms with Crippen molar-refractivity contribution in [2.24, 2.45) is 5.92 Å². The second kappa shape index (κ2) is 10.4. The first-order valence-corrected chi connectivity index (χ1v) is 14.7. The van der Waals surface area contributed by atoms with E-state index in [9.17, 15) is 19.2 Å². The van der Waals surface area contributed by atoms with Crippen molar-refractivity contribution in [3.63, 3.8) is 0 Å². The lowest BCUT2D eigenvalue weighted by Crippen LogP contribution is -2.54. The predicted molar refractivity (Wildman–Crippen MR) is 158 cm³/mol. The molecule has 0 bridgehead atoms. The van der Waals surface area contributed by atoms with Gasteiger partial charge in [-0.05, 0) is 62.3 Å². The standard InChI is InChI=1S/C31H32N8O4/c1-33-24-8-9-34-28(22(24)13-32)23-15-38(37-27(23)17-2-3-17)19-10-16(11-19)14-35-18-4-5-20-21(12-18)31(43)39(30(20)42)25-6-7-26(40)36-29(25)41/h4-5,8-9,12-13,15-17,19,25,32,35H,2-3,6-7,10-11,14H2,1H3,(H,33,34)(H,36,40,41)/t16-,19-,25?. The third-order valence-corrected chi connectivity index (χ3v) is 9.00. The highest BCUT2D eigenvalue weighted by Gasteiger charge is 2.44. The summed E-state index contributed by atoms with van der Waals surface area (Å²) in [7, 11) is 1.84. The number of rotatable bonds is 9. The van der Waals surface area contributed by atoms with Crippen LogP contribution in [0.4, 0.5) is 11.4 Å². The van der Waals surface area contributed by atoms with Crippen LogP contribution in [0.5, 0.6) is 0 Å². The summed E-state index contributed by atoms with van der Waals surface area (Å²) in [6, 6.07) is 6.25. The molecule has 0 radical (unpaired) electrons. The Bertz CT molecular complexity index is 1690. The third kappa shape index (κ3) is 4.66. The minimum Gasteiger partial charge on any atom is -0.387 e. The summed E-state index contributed by atoms with van der Waals surface area (Å²) in [5.74, 6) is -1.18. The number of hydrogen-bond acceptors (Lipinski definition) is 9. The first-order valence-electron chi connectivity index (χ1n) is 14.7. The molecule has 4 amide bonds. The number of nitrogens with one attached hydrogen (secondary N) is 4. The Morgan fingerprint density at radius 1 is 1.05 bits per heavy atom. The molecule has 43 heavy (non-hydrogen) atoms. The molecule has 4 N–H and O–H groups in total. The van der Waals surface area contributed by atoms with Crippen molar-refractivity contribution in [2.75, 3.05) is 24.2 Å². The van der Waals surface area contributed by atoms with Crippen LogP contribution in [0.25, 0.3) is 11.3 Å². The topological polar surface area (TPSA) is 162 Å². The van der Waals surface area contributed by atoms with Crippen LogP contribution in [0.15, 0.2) is 36.7 Å². The fraction of sp³-hybridized carbons (Fsp3) is 0.387. The highest BCUT2D eigenvalue weighted by atomic mass is 16.2. The molecule has 12 heteroatoms. The average molecular weight is 581 g/mol. The van der Waals surface area contributed by atoms with Gasteiger partial charge in [-0.25, -0.2) is 0 Å².